The third-order valence-corrected chi connectivity index (χ3v) is 7.70. The average molecular weight is 491 g/mol. The van der Waals surface area contributed by atoms with Crippen molar-refractivity contribution in [3.63, 3.8) is 0 Å². The maximum atomic E-state index is 13.0. The molecule has 35 heavy (non-hydrogen) atoms. The first-order valence-corrected chi connectivity index (χ1v) is 13.1. The van der Waals surface area contributed by atoms with Crippen LogP contribution in [-0.4, -0.2) is 37.8 Å². The Morgan fingerprint density at radius 1 is 1.20 bits per heavy atom. The topological polar surface area (TPSA) is 91.4 Å². The first-order chi connectivity index (χ1) is 16.8. The number of benzene rings is 2. The second kappa shape index (κ2) is 10.4. The first-order valence-electron chi connectivity index (χ1n) is 11.6. The third kappa shape index (κ3) is 5.44. The molecule has 0 saturated heterocycles. The molecule has 4 rings (SSSR count). The predicted molar refractivity (Wildman–Crippen MR) is 138 cm³/mol. The summed E-state index contributed by atoms with van der Waals surface area (Å²) in [6.45, 7) is 6.15. The number of fused-ring (bicyclic) bond motifs is 1. The minimum Gasteiger partial charge on any atom is -0.340 e. The molecular weight excluding hydrogens is 460 g/mol. The van der Waals surface area contributed by atoms with Crippen LogP contribution in [0.2, 0.25) is 0 Å². The molecule has 2 aromatic carbocycles. The highest BCUT2D eigenvalue weighted by molar-refractivity contribution is 7.89. The highest BCUT2D eigenvalue weighted by Crippen LogP contribution is 2.35. The van der Waals surface area contributed by atoms with E-state index >= 15 is 0 Å². The zero-order chi connectivity index (χ0) is 25.0. The number of anilines is 2. The number of nitrogens with zero attached hydrogens (tertiary/aromatic N) is 2. The molecule has 1 aromatic heterocycles. The minimum atomic E-state index is -3.66. The van der Waals surface area contributed by atoms with Crippen LogP contribution in [0.3, 0.4) is 0 Å². The van der Waals surface area contributed by atoms with Crippen LogP contribution in [0.15, 0.2) is 78.3 Å². The number of carbonyl (C=O) groups is 1. The van der Waals surface area contributed by atoms with Crippen LogP contribution in [0, 0.1) is 0 Å². The number of pyridine rings is 1. The number of amides is 1. The average Bonchev–Trinajstić information content (AvgIpc) is 3.25. The van der Waals surface area contributed by atoms with E-state index in [4.69, 9.17) is 0 Å². The molecule has 1 amide bonds. The van der Waals surface area contributed by atoms with E-state index in [9.17, 15) is 13.2 Å². The summed E-state index contributed by atoms with van der Waals surface area (Å²) in [5.74, 6) is 0.279. The third-order valence-electron chi connectivity index (χ3n) is 6.21. The van der Waals surface area contributed by atoms with Crippen molar-refractivity contribution >= 4 is 27.4 Å². The van der Waals surface area contributed by atoms with Gasteiger partial charge in [0.2, 0.25) is 10.0 Å². The number of likely N-dealkylation sites (N-methyl/N-ethyl adjacent to an activating group) is 1. The molecule has 0 saturated carbocycles. The molecule has 2 N–H and O–H groups in total. The molecule has 0 spiro atoms. The Labute approximate surface area is 207 Å². The smallest absolute Gasteiger partial charge is 0.257 e. The molecule has 8 heteroatoms. The fourth-order valence-corrected chi connectivity index (χ4v) is 5.51. The molecule has 0 fully saturated rings. The van der Waals surface area contributed by atoms with Gasteiger partial charge in [-0.05, 0) is 72.4 Å². The highest BCUT2D eigenvalue weighted by atomic mass is 32.2. The van der Waals surface area contributed by atoms with Crippen molar-refractivity contribution in [2.24, 2.45) is 0 Å². The van der Waals surface area contributed by atoms with Gasteiger partial charge in [-0.2, -0.15) is 0 Å². The van der Waals surface area contributed by atoms with Crippen LogP contribution in [0.4, 0.5) is 11.5 Å². The number of nitrogens with one attached hydrogen (secondary N) is 2. The van der Waals surface area contributed by atoms with Gasteiger partial charge in [0.1, 0.15) is 5.82 Å². The van der Waals surface area contributed by atoms with Crippen LogP contribution in [0.5, 0.6) is 0 Å². The number of aromatic nitrogens is 1. The molecule has 182 valence electrons. The molecule has 1 aliphatic carbocycles. The van der Waals surface area contributed by atoms with Crippen molar-refractivity contribution in [3.05, 3.63) is 95.7 Å². The van der Waals surface area contributed by atoms with Gasteiger partial charge in [-0.15, -0.1) is 6.58 Å². The van der Waals surface area contributed by atoms with Gasteiger partial charge >= 0.3 is 0 Å². The Morgan fingerprint density at radius 2 is 1.97 bits per heavy atom. The van der Waals surface area contributed by atoms with Crippen LogP contribution in [0.25, 0.3) is 0 Å². The fraction of sp³-hybridized carbons (Fsp3) is 0.259. The van der Waals surface area contributed by atoms with Crippen molar-refractivity contribution in [1.82, 2.24) is 14.6 Å². The van der Waals surface area contributed by atoms with Crippen molar-refractivity contribution in [1.29, 1.82) is 0 Å². The summed E-state index contributed by atoms with van der Waals surface area (Å²) in [6.07, 6.45) is 5.62. The number of hydrogen-bond acceptors (Lipinski definition) is 5. The fourth-order valence-electron chi connectivity index (χ4n) is 4.26. The first kappa shape index (κ1) is 24.6. The number of carbonyl (C=O) groups excluding carboxylic acids is 1. The second-order valence-electron chi connectivity index (χ2n) is 8.62. The lowest BCUT2D eigenvalue weighted by Gasteiger charge is -2.18. The van der Waals surface area contributed by atoms with Crippen LogP contribution < -0.4 is 10.0 Å². The summed E-state index contributed by atoms with van der Waals surface area (Å²) in [4.78, 5) is 19.0. The molecular formula is C27H30N4O3S. The largest absolute Gasteiger partial charge is 0.340 e. The van der Waals surface area contributed by atoms with Crippen LogP contribution >= 0.6 is 0 Å². The Bertz CT molecular complexity index is 1340. The normalized spacial score (nSPS) is 14.9. The van der Waals surface area contributed by atoms with Crippen LogP contribution in [0.1, 0.15) is 46.4 Å². The van der Waals surface area contributed by atoms with Crippen molar-refractivity contribution in [2.45, 2.75) is 37.1 Å². The Balaban J connectivity index is 1.56. The summed E-state index contributed by atoms with van der Waals surface area (Å²) < 4.78 is 28.9. The predicted octanol–water partition coefficient (Wildman–Crippen LogP) is 4.61. The van der Waals surface area contributed by atoms with E-state index < -0.39 is 10.0 Å². The van der Waals surface area contributed by atoms with Crippen molar-refractivity contribution in [2.75, 3.05) is 18.9 Å². The lowest BCUT2D eigenvalue weighted by atomic mass is 10.1. The van der Waals surface area contributed by atoms with Gasteiger partial charge in [-0.3, -0.25) is 4.79 Å². The Hall–Kier alpha value is -3.49. The van der Waals surface area contributed by atoms with Gasteiger partial charge in [0, 0.05) is 31.5 Å². The lowest BCUT2D eigenvalue weighted by molar-refractivity contribution is 0.0811. The maximum absolute atomic E-state index is 13.0. The molecule has 0 aliphatic heterocycles. The van der Waals surface area contributed by atoms with Crippen LogP contribution in [-0.2, 0) is 22.9 Å². The maximum Gasteiger partial charge on any atom is 0.257 e. The van der Waals surface area contributed by atoms with Crippen molar-refractivity contribution < 1.29 is 13.2 Å². The van der Waals surface area contributed by atoms with E-state index in [0.717, 1.165) is 35.2 Å². The highest BCUT2D eigenvalue weighted by Gasteiger charge is 2.28. The molecule has 3 aromatic rings. The molecule has 7 nitrogen and oxygen atoms in total. The summed E-state index contributed by atoms with van der Waals surface area (Å²) in [5.41, 5.74) is 4.31. The molecule has 0 radical (unpaired) electrons. The number of hydrogen-bond donors (Lipinski definition) is 2. The molecule has 1 aliphatic rings. The second-order valence-corrected chi connectivity index (χ2v) is 10.3. The van der Waals surface area contributed by atoms with Gasteiger partial charge in [0.15, 0.2) is 0 Å². The van der Waals surface area contributed by atoms with E-state index in [-0.39, 0.29) is 16.8 Å². The summed E-state index contributed by atoms with van der Waals surface area (Å²) in [6, 6.07) is 16.0. The molecule has 0 bridgehead atoms. The van der Waals surface area contributed by atoms with Gasteiger partial charge in [0.25, 0.3) is 5.91 Å². The zero-order valence-electron chi connectivity index (χ0n) is 20.0. The Kier molecular flexibility index (Phi) is 7.33. The van der Waals surface area contributed by atoms with E-state index in [1.54, 1.807) is 48.5 Å². The van der Waals surface area contributed by atoms with E-state index in [1.807, 2.05) is 37.3 Å². The van der Waals surface area contributed by atoms with Gasteiger partial charge in [-0.1, -0.05) is 31.2 Å². The Morgan fingerprint density at radius 3 is 2.69 bits per heavy atom. The number of sulfonamides is 1. The molecule has 1 heterocycles. The zero-order valence-corrected chi connectivity index (χ0v) is 20.8. The summed E-state index contributed by atoms with van der Waals surface area (Å²) in [7, 11) is -1.95. The summed E-state index contributed by atoms with van der Waals surface area (Å²) in [5, 5.41) is 3.25. The van der Waals surface area contributed by atoms with Gasteiger partial charge in [-0.25, -0.2) is 18.1 Å². The van der Waals surface area contributed by atoms with E-state index in [2.05, 4.69) is 21.6 Å². The SMILES string of the molecule is C=CCN(C)C(=O)c1cccnc1Nc1ccc2c(c1)C(NS(=O)(=O)c1ccc(CC)cc1)CC2. The minimum absolute atomic E-state index is 0.165. The van der Waals surface area contributed by atoms with Gasteiger partial charge < -0.3 is 10.2 Å². The summed E-state index contributed by atoms with van der Waals surface area (Å²) >= 11 is 0. The monoisotopic (exact) mass is 490 g/mol. The molecule has 1 unspecified atom stereocenters. The van der Waals surface area contributed by atoms with E-state index in [0.29, 0.717) is 24.3 Å². The van der Waals surface area contributed by atoms with E-state index in [1.165, 1.54) is 0 Å². The van der Waals surface area contributed by atoms with Crippen molar-refractivity contribution in [3.8, 4) is 0 Å². The van der Waals surface area contributed by atoms with Gasteiger partial charge in [0.05, 0.1) is 10.5 Å². The quantitative estimate of drug-likeness (QED) is 0.428. The standard InChI is InChI=1S/C27H30N4O3S/c1-4-17-31(3)27(32)23-7-6-16-28-26(23)29-21-12-10-20-11-15-25(24(20)18-21)30-35(33,34)22-13-8-19(5-2)9-14-22/h4,6-10,12-14,16,18,25,30H,1,5,11,15,17H2,2-3H3,(H,28,29). The lowest BCUT2D eigenvalue weighted by Crippen LogP contribution is -2.27. The number of aryl methyl sites for hydroxylation is 2. The molecule has 1 atom stereocenters. The number of rotatable bonds is 9.